The highest BCUT2D eigenvalue weighted by atomic mass is 16.5. The molecule has 1 aromatic heterocycles. The number of aryl methyl sites for hydroxylation is 1. The fraction of sp³-hybridized carbons (Fsp3) is 0.400. The average Bonchev–Trinajstić information content (AvgIpc) is 2.84. The van der Waals surface area contributed by atoms with Gasteiger partial charge in [-0.1, -0.05) is 6.07 Å². The van der Waals surface area contributed by atoms with Crippen LogP contribution < -0.4 is 10.1 Å². The molecule has 0 aliphatic rings. The summed E-state index contributed by atoms with van der Waals surface area (Å²) < 4.78 is 6.98. The Morgan fingerprint density at radius 2 is 2.25 bits per heavy atom. The van der Waals surface area contributed by atoms with Crippen LogP contribution in [0.4, 0.5) is 0 Å². The number of phenols is 1. The zero-order valence-electron chi connectivity index (χ0n) is 12.1. The van der Waals surface area contributed by atoms with E-state index in [-0.39, 0.29) is 11.8 Å². The molecule has 0 saturated heterocycles. The molecule has 0 amide bonds. The number of nitrogens with zero attached hydrogens (tertiary/aromatic N) is 2. The van der Waals surface area contributed by atoms with E-state index in [1.54, 1.807) is 13.2 Å². The predicted molar refractivity (Wildman–Crippen MR) is 78.0 cm³/mol. The molecular formula is C15H21N3O2. The molecule has 1 atom stereocenters. The van der Waals surface area contributed by atoms with Crippen LogP contribution in [-0.4, -0.2) is 28.5 Å². The fourth-order valence-electron chi connectivity index (χ4n) is 2.11. The van der Waals surface area contributed by atoms with Crippen LogP contribution in [0.15, 0.2) is 30.6 Å². The minimum Gasteiger partial charge on any atom is -0.507 e. The molecule has 2 N–H and O–H groups in total. The van der Waals surface area contributed by atoms with Crippen molar-refractivity contribution in [2.75, 3.05) is 13.7 Å². The number of hydrogen-bond donors (Lipinski definition) is 2. The maximum Gasteiger partial charge on any atom is 0.124 e. The zero-order valence-corrected chi connectivity index (χ0v) is 12.1. The molecule has 0 spiro atoms. The molecule has 0 saturated carbocycles. The summed E-state index contributed by atoms with van der Waals surface area (Å²) >= 11 is 0. The van der Waals surface area contributed by atoms with E-state index in [9.17, 15) is 5.11 Å². The van der Waals surface area contributed by atoms with Crippen LogP contribution in [0.1, 0.15) is 24.1 Å². The molecule has 0 fully saturated rings. The molecule has 5 heteroatoms. The first kappa shape index (κ1) is 14.4. The predicted octanol–water partition coefficient (Wildman–Crippen LogP) is 2.26. The number of rotatable bonds is 6. The van der Waals surface area contributed by atoms with Gasteiger partial charge >= 0.3 is 0 Å². The van der Waals surface area contributed by atoms with Crippen LogP contribution in [0.2, 0.25) is 0 Å². The van der Waals surface area contributed by atoms with Gasteiger partial charge in [-0.2, -0.15) is 5.10 Å². The van der Waals surface area contributed by atoms with Gasteiger partial charge in [0, 0.05) is 30.4 Å². The zero-order chi connectivity index (χ0) is 14.5. The number of phenolic OH excluding ortho intramolecular Hbond substituents is 1. The summed E-state index contributed by atoms with van der Waals surface area (Å²) in [5.41, 5.74) is 2.02. The lowest BCUT2D eigenvalue weighted by molar-refractivity contribution is 0.403. The van der Waals surface area contributed by atoms with E-state index in [2.05, 4.69) is 10.4 Å². The van der Waals surface area contributed by atoms with E-state index in [0.717, 1.165) is 24.2 Å². The molecule has 2 aromatic rings. The van der Waals surface area contributed by atoms with E-state index < -0.39 is 0 Å². The molecule has 1 unspecified atom stereocenters. The van der Waals surface area contributed by atoms with Gasteiger partial charge in [0.1, 0.15) is 11.5 Å². The summed E-state index contributed by atoms with van der Waals surface area (Å²) in [5, 5.41) is 17.6. The van der Waals surface area contributed by atoms with E-state index in [4.69, 9.17) is 4.74 Å². The van der Waals surface area contributed by atoms with E-state index in [0.29, 0.717) is 5.75 Å². The van der Waals surface area contributed by atoms with Gasteiger partial charge in [-0.05, 0) is 25.5 Å². The van der Waals surface area contributed by atoms with Crippen molar-refractivity contribution in [2.24, 2.45) is 0 Å². The van der Waals surface area contributed by atoms with Gasteiger partial charge in [-0.3, -0.25) is 4.68 Å². The van der Waals surface area contributed by atoms with Crippen molar-refractivity contribution in [3.8, 4) is 11.5 Å². The lowest BCUT2D eigenvalue weighted by Gasteiger charge is -2.16. The Bertz CT molecular complexity index is 566. The molecule has 0 aliphatic carbocycles. The van der Waals surface area contributed by atoms with Gasteiger partial charge < -0.3 is 15.2 Å². The third kappa shape index (κ3) is 3.51. The van der Waals surface area contributed by atoms with Gasteiger partial charge in [-0.25, -0.2) is 0 Å². The normalized spacial score (nSPS) is 12.3. The van der Waals surface area contributed by atoms with E-state index in [1.165, 1.54) is 0 Å². The average molecular weight is 275 g/mol. The van der Waals surface area contributed by atoms with Crippen molar-refractivity contribution in [3.63, 3.8) is 0 Å². The van der Waals surface area contributed by atoms with Crippen molar-refractivity contribution < 1.29 is 9.84 Å². The second-order valence-electron chi connectivity index (χ2n) is 4.88. The number of aromatic hydroxyl groups is 1. The summed E-state index contributed by atoms with van der Waals surface area (Å²) in [6.45, 7) is 5.63. The number of hydrogen-bond acceptors (Lipinski definition) is 4. The van der Waals surface area contributed by atoms with Gasteiger partial charge in [-0.15, -0.1) is 0 Å². The van der Waals surface area contributed by atoms with Crippen LogP contribution >= 0.6 is 0 Å². The van der Waals surface area contributed by atoms with Crippen molar-refractivity contribution in [1.82, 2.24) is 15.1 Å². The van der Waals surface area contributed by atoms with Crippen LogP contribution in [0.5, 0.6) is 11.5 Å². The summed E-state index contributed by atoms with van der Waals surface area (Å²) in [7, 11) is 1.59. The third-order valence-electron chi connectivity index (χ3n) is 3.26. The molecule has 108 valence electrons. The second-order valence-corrected chi connectivity index (χ2v) is 4.88. The Labute approximate surface area is 119 Å². The molecular weight excluding hydrogens is 254 g/mol. The molecule has 1 heterocycles. The fourth-order valence-corrected chi connectivity index (χ4v) is 2.11. The summed E-state index contributed by atoms with van der Waals surface area (Å²) in [6, 6.07) is 5.43. The summed E-state index contributed by atoms with van der Waals surface area (Å²) in [5.74, 6) is 0.907. The summed E-state index contributed by atoms with van der Waals surface area (Å²) in [6.07, 6.45) is 3.86. The minimum absolute atomic E-state index is 0.0672. The monoisotopic (exact) mass is 275 g/mol. The van der Waals surface area contributed by atoms with Gasteiger partial charge in [0.15, 0.2) is 0 Å². The maximum atomic E-state index is 9.98. The first-order valence-corrected chi connectivity index (χ1v) is 6.69. The molecule has 2 rings (SSSR count). The summed E-state index contributed by atoms with van der Waals surface area (Å²) in [4.78, 5) is 0. The Balaban J connectivity index is 1.89. The quantitative estimate of drug-likeness (QED) is 0.849. The molecule has 0 bridgehead atoms. The standard InChI is InChI=1S/C15H21N3O2/c1-11-9-17-18(10-11)7-6-16-12(2)14-5-4-13(20-3)8-15(14)19/h4-5,8-10,12,16,19H,6-7H2,1-3H3. The molecule has 5 nitrogen and oxygen atoms in total. The van der Waals surface area contributed by atoms with Gasteiger partial charge in [0.2, 0.25) is 0 Å². The van der Waals surface area contributed by atoms with Gasteiger partial charge in [0.05, 0.1) is 19.9 Å². The maximum absolute atomic E-state index is 9.98. The number of benzene rings is 1. The van der Waals surface area contributed by atoms with Crippen LogP contribution in [0, 0.1) is 6.92 Å². The Kier molecular flexibility index (Phi) is 4.63. The smallest absolute Gasteiger partial charge is 0.124 e. The number of nitrogens with one attached hydrogen (secondary N) is 1. The number of methoxy groups -OCH3 is 1. The van der Waals surface area contributed by atoms with Crippen LogP contribution in [0.3, 0.4) is 0 Å². The molecule has 0 radical (unpaired) electrons. The number of ether oxygens (including phenoxy) is 1. The Morgan fingerprint density at radius 3 is 2.85 bits per heavy atom. The molecule has 20 heavy (non-hydrogen) atoms. The van der Waals surface area contributed by atoms with Crippen molar-refractivity contribution >= 4 is 0 Å². The van der Waals surface area contributed by atoms with Gasteiger partial charge in [0.25, 0.3) is 0 Å². The molecule has 0 aliphatic heterocycles. The lowest BCUT2D eigenvalue weighted by Crippen LogP contribution is -2.23. The van der Waals surface area contributed by atoms with E-state index in [1.807, 2.05) is 43.1 Å². The van der Waals surface area contributed by atoms with Crippen molar-refractivity contribution in [2.45, 2.75) is 26.4 Å². The topological polar surface area (TPSA) is 59.3 Å². The second kappa shape index (κ2) is 6.43. The largest absolute Gasteiger partial charge is 0.507 e. The third-order valence-corrected chi connectivity index (χ3v) is 3.26. The minimum atomic E-state index is 0.0672. The van der Waals surface area contributed by atoms with Crippen LogP contribution in [0.25, 0.3) is 0 Å². The highest BCUT2D eigenvalue weighted by Crippen LogP contribution is 2.28. The first-order valence-electron chi connectivity index (χ1n) is 6.69. The Hall–Kier alpha value is -2.01. The highest BCUT2D eigenvalue weighted by Gasteiger charge is 2.10. The Morgan fingerprint density at radius 1 is 1.45 bits per heavy atom. The SMILES string of the molecule is COc1ccc(C(C)NCCn2cc(C)cn2)c(O)c1. The molecule has 1 aromatic carbocycles. The number of aromatic nitrogens is 2. The lowest BCUT2D eigenvalue weighted by atomic mass is 10.1. The van der Waals surface area contributed by atoms with Crippen LogP contribution in [-0.2, 0) is 6.54 Å². The first-order chi connectivity index (χ1) is 9.60. The van der Waals surface area contributed by atoms with E-state index >= 15 is 0 Å². The highest BCUT2D eigenvalue weighted by molar-refractivity contribution is 5.41. The van der Waals surface area contributed by atoms with Crippen molar-refractivity contribution in [3.05, 3.63) is 41.7 Å². The van der Waals surface area contributed by atoms with Crippen molar-refractivity contribution in [1.29, 1.82) is 0 Å².